The molecule has 6 heteroatoms. The summed E-state index contributed by atoms with van der Waals surface area (Å²) in [4.78, 5) is 18.4. The first-order valence-corrected chi connectivity index (χ1v) is 6.90. The average molecular weight is 286 g/mol. The van der Waals surface area contributed by atoms with Crippen LogP contribution in [0.25, 0.3) is 0 Å². The van der Waals surface area contributed by atoms with E-state index >= 15 is 0 Å². The summed E-state index contributed by atoms with van der Waals surface area (Å²) in [6.07, 6.45) is 1.74. The van der Waals surface area contributed by atoms with E-state index in [0.29, 0.717) is 22.3 Å². The molecule has 2 aromatic rings. The predicted molar refractivity (Wildman–Crippen MR) is 79.1 cm³/mol. The molecule has 20 heavy (non-hydrogen) atoms. The first-order valence-electron chi connectivity index (χ1n) is 6.08. The van der Waals surface area contributed by atoms with Crippen LogP contribution in [0.15, 0.2) is 30.5 Å². The largest absolute Gasteiger partial charge is 0.351 e. The third-order valence-electron chi connectivity index (χ3n) is 2.73. The number of carbonyl (C=O) groups excluding carboxylic acids is 1. The fourth-order valence-electron chi connectivity index (χ4n) is 1.69. The number of hydrogen-bond donors (Lipinski definition) is 1. The first kappa shape index (κ1) is 14.0. The lowest BCUT2D eigenvalue weighted by Crippen LogP contribution is -2.31. The molecule has 0 saturated heterocycles. The number of nitrogens with two attached hydrogens (primary N) is 1. The highest BCUT2D eigenvalue weighted by Gasteiger charge is 2.19. The van der Waals surface area contributed by atoms with Crippen molar-refractivity contribution in [2.24, 2.45) is 5.73 Å². The minimum atomic E-state index is -0.621. The molecule has 0 radical (unpaired) electrons. The number of nitriles is 1. The number of hydrogen-bond acceptors (Lipinski definition) is 4. The highest BCUT2D eigenvalue weighted by atomic mass is 32.1. The van der Waals surface area contributed by atoms with E-state index in [1.54, 1.807) is 30.5 Å². The fourth-order valence-corrected chi connectivity index (χ4v) is 2.64. The molecule has 0 atom stereocenters. The zero-order chi connectivity index (χ0) is 14.7. The highest BCUT2D eigenvalue weighted by molar-refractivity contribution is 7.15. The Labute approximate surface area is 121 Å². The van der Waals surface area contributed by atoms with E-state index in [-0.39, 0.29) is 0 Å². The van der Waals surface area contributed by atoms with Crippen molar-refractivity contribution in [2.75, 3.05) is 4.90 Å². The molecule has 1 aromatic heterocycles. The lowest BCUT2D eigenvalue weighted by Gasteiger charge is -2.17. The summed E-state index contributed by atoms with van der Waals surface area (Å²) in [5, 5.41) is 9.44. The van der Waals surface area contributed by atoms with Crippen molar-refractivity contribution in [3.05, 3.63) is 40.9 Å². The van der Waals surface area contributed by atoms with Gasteiger partial charge in [-0.2, -0.15) is 5.26 Å². The number of nitrogens with zero attached hydrogens (tertiary/aromatic N) is 3. The first-order chi connectivity index (χ1) is 9.52. The summed E-state index contributed by atoms with van der Waals surface area (Å²) in [7, 11) is 0. The van der Waals surface area contributed by atoms with E-state index in [4.69, 9.17) is 11.0 Å². The molecule has 102 valence electrons. The lowest BCUT2D eigenvalue weighted by atomic mass is 10.2. The second kappa shape index (κ2) is 5.72. The molecule has 0 saturated carbocycles. The standard InChI is InChI=1S/C14H14N4OS/c1-9(2)12-8-17-14(20-12)18(13(16)19)11-5-3-4-10(6-11)7-15/h3-6,8-9H,1-2H3,(H2,16,19). The van der Waals surface area contributed by atoms with Gasteiger partial charge < -0.3 is 5.73 Å². The molecule has 0 fully saturated rings. The molecular weight excluding hydrogens is 272 g/mol. The maximum atomic E-state index is 11.7. The van der Waals surface area contributed by atoms with Crippen LogP contribution >= 0.6 is 11.3 Å². The number of anilines is 2. The van der Waals surface area contributed by atoms with Crippen molar-refractivity contribution < 1.29 is 4.79 Å². The van der Waals surface area contributed by atoms with Crippen molar-refractivity contribution in [3.8, 4) is 6.07 Å². The Morgan fingerprint density at radius 1 is 1.50 bits per heavy atom. The number of benzene rings is 1. The van der Waals surface area contributed by atoms with Gasteiger partial charge in [-0.3, -0.25) is 0 Å². The van der Waals surface area contributed by atoms with Crippen LogP contribution in [0.2, 0.25) is 0 Å². The Balaban J connectivity index is 2.45. The molecule has 2 rings (SSSR count). The quantitative estimate of drug-likeness (QED) is 0.939. The van der Waals surface area contributed by atoms with E-state index < -0.39 is 6.03 Å². The number of thiazole rings is 1. The number of primary amides is 1. The lowest BCUT2D eigenvalue weighted by molar-refractivity contribution is 0.256. The molecule has 0 spiro atoms. The Kier molecular flexibility index (Phi) is 4.01. The fraction of sp³-hybridized carbons (Fsp3) is 0.214. The zero-order valence-corrected chi connectivity index (χ0v) is 12.0. The van der Waals surface area contributed by atoms with Crippen LogP contribution in [0.3, 0.4) is 0 Å². The van der Waals surface area contributed by atoms with Crippen molar-refractivity contribution in [1.82, 2.24) is 4.98 Å². The molecule has 2 N–H and O–H groups in total. The van der Waals surface area contributed by atoms with E-state index in [0.717, 1.165) is 4.88 Å². The minimum absolute atomic E-state index is 0.335. The van der Waals surface area contributed by atoms with Gasteiger partial charge in [0.05, 0.1) is 17.3 Å². The molecule has 1 heterocycles. The topological polar surface area (TPSA) is 83.0 Å². The van der Waals surface area contributed by atoms with Gasteiger partial charge in [-0.25, -0.2) is 14.7 Å². The average Bonchev–Trinajstić information content (AvgIpc) is 2.88. The number of rotatable bonds is 3. The third-order valence-corrected chi connectivity index (χ3v) is 4.01. The summed E-state index contributed by atoms with van der Waals surface area (Å²) in [5.41, 5.74) is 6.46. The monoisotopic (exact) mass is 286 g/mol. The van der Waals surface area contributed by atoms with E-state index in [2.05, 4.69) is 18.8 Å². The molecule has 0 aliphatic rings. The van der Waals surface area contributed by atoms with Gasteiger partial charge in [0.1, 0.15) is 0 Å². The molecule has 1 aromatic carbocycles. The SMILES string of the molecule is CC(C)c1cnc(N(C(N)=O)c2cccc(C#N)c2)s1. The molecular formula is C14H14N4OS. The Morgan fingerprint density at radius 2 is 2.25 bits per heavy atom. The van der Waals surface area contributed by atoms with Crippen molar-refractivity contribution >= 4 is 28.2 Å². The summed E-state index contributed by atoms with van der Waals surface area (Å²) in [5.74, 6) is 0.335. The summed E-state index contributed by atoms with van der Waals surface area (Å²) in [6.45, 7) is 4.12. The van der Waals surface area contributed by atoms with Crippen LogP contribution in [0.1, 0.15) is 30.2 Å². The van der Waals surface area contributed by atoms with Crippen LogP contribution in [-0.4, -0.2) is 11.0 Å². The van der Waals surface area contributed by atoms with Gasteiger partial charge in [-0.1, -0.05) is 19.9 Å². The molecule has 5 nitrogen and oxygen atoms in total. The minimum Gasteiger partial charge on any atom is -0.351 e. The number of amides is 2. The van der Waals surface area contributed by atoms with Gasteiger partial charge in [0, 0.05) is 11.1 Å². The van der Waals surface area contributed by atoms with E-state index in [1.807, 2.05) is 6.07 Å². The Morgan fingerprint density at radius 3 is 2.80 bits per heavy atom. The molecule has 0 aliphatic carbocycles. The van der Waals surface area contributed by atoms with Gasteiger partial charge in [-0.15, -0.1) is 11.3 Å². The second-order valence-corrected chi connectivity index (χ2v) is 5.58. The maximum Gasteiger partial charge on any atom is 0.325 e. The summed E-state index contributed by atoms with van der Waals surface area (Å²) in [6, 6.07) is 8.14. The van der Waals surface area contributed by atoms with Gasteiger partial charge in [-0.05, 0) is 24.1 Å². The van der Waals surface area contributed by atoms with Gasteiger partial charge >= 0.3 is 6.03 Å². The Bertz CT molecular complexity index is 672. The van der Waals surface area contributed by atoms with Gasteiger partial charge in [0.15, 0.2) is 5.13 Å². The van der Waals surface area contributed by atoms with Crippen molar-refractivity contribution in [1.29, 1.82) is 5.26 Å². The van der Waals surface area contributed by atoms with E-state index in [9.17, 15) is 4.79 Å². The number of urea groups is 1. The molecule has 2 amide bonds. The normalized spacial score (nSPS) is 10.3. The third kappa shape index (κ3) is 2.78. The van der Waals surface area contributed by atoms with Crippen LogP contribution in [0, 0.1) is 11.3 Å². The number of aromatic nitrogens is 1. The number of carbonyl (C=O) groups is 1. The van der Waals surface area contributed by atoms with Crippen LogP contribution in [-0.2, 0) is 0 Å². The predicted octanol–water partition coefficient (Wildman–Crippen LogP) is 3.35. The van der Waals surface area contributed by atoms with Crippen LogP contribution < -0.4 is 10.6 Å². The summed E-state index contributed by atoms with van der Waals surface area (Å²) >= 11 is 1.42. The van der Waals surface area contributed by atoms with Gasteiger partial charge in [0.25, 0.3) is 0 Å². The summed E-state index contributed by atoms with van der Waals surface area (Å²) < 4.78 is 0. The zero-order valence-electron chi connectivity index (χ0n) is 11.2. The van der Waals surface area contributed by atoms with Gasteiger partial charge in [0.2, 0.25) is 0 Å². The second-order valence-electron chi connectivity index (χ2n) is 4.54. The molecule has 0 bridgehead atoms. The molecule has 0 unspecified atom stereocenters. The van der Waals surface area contributed by atoms with E-state index in [1.165, 1.54) is 16.2 Å². The van der Waals surface area contributed by atoms with Crippen molar-refractivity contribution in [2.45, 2.75) is 19.8 Å². The van der Waals surface area contributed by atoms with Crippen molar-refractivity contribution in [3.63, 3.8) is 0 Å². The molecule has 0 aliphatic heterocycles. The van der Waals surface area contributed by atoms with Crippen LogP contribution in [0.5, 0.6) is 0 Å². The smallest absolute Gasteiger partial charge is 0.325 e. The highest BCUT2D eigenvalue weighted by Crippen LogP contribution is 2.32. The Hall–Kier alpha value is -2.39. The van der Waals surface area contributed by atoms with Crippen LogP contribution in [0.4, 0.5) is 15.6 Å². The maximum absolute atomic E-state index is 11.7.